The van der Waals surface area contributed by atoms with E-state index in [2.05, 4.69) is 9.89 Å². The van der Waals surface area contributed by atoms with Crippen molar-refractivity contribution in [3.63, 3.8) is 0 Å². The lowest BCUT2D eigenvalue weighted by atomic mass is 10.2. The van der Waals surface area contributed by atoms with Crippen molar-refractivity contribution >= 4 is 11.9 Å². The molecule has 2 heterocycles. The fourth-order valence-corrected chi connectivity index (χ4v) is 2.83. The Balaban J connectivity index is 1.73. The molecule has 1 fully saturated rings. The zero-order valence-corrected chi connectivity index (χ0v) is 12.4. The molecule has 1 amide bonds. The van der Waals surface area contributed by atoms with Crippen molar-refractivity contribution in [2.24, 2.45) is 4.99 Å². The van der Waals surface area contributed by atoms with Gasteiger partial charge in [0, 0.05) is 25.2 Å². The Hall–Kier alpha value is -2.04. The molecule has 0 atom stereocenters. The molecule has 2 aliphatic heterocycles. The van der Waals surface area contributed by atoms with Crippen LogP contribution in [0.1, 0.15) is 30.1 Å². The lowest BCUT2D eigenvalue weighted by Gasteiger charge is -2.25. The van der Waals surface area contributed by atoms with Crippen LogP contribution in [0.2, 0.25) is 0 Å². The SMILES string of the molecule is CCOc1ccc(C(=O)N2CCN=C2N2CCCC2)cc1. The van der Waals surface area contributed by atoms with E-state index in [0.717, 1.165) is 24.8 Å². The molecule has 2 aliphatic rings. The Morgan fingerprint density at radius 1 is 1.19 bits per heavy atom. The second kappa shape index (κ2) is 6.16. The van der Waals surface area contributed by atoms with Crippen LogP contribution >= 0.6 is 0 Å². The first kappa shape index (κ1) is 13.9. The van der Waals surface area contributed by atoms with Crippen molar-refractivity contribution in [3.8, 4) is 5.75 Å². The Bertz CT molecular complexity index is 533. The summed E-state index contributed by atoms with van der Waals surface area (Å²) in [4.78, 5) is 21.2. The number of nitrogens with zero attached hydrogens (tertiary/aromatic N) is 3. The van der Waals surface area contributed by atoms with E-state index in [1.165, 1.54) is 12.8 Å². The van der Waals surface area contributed by atoms with Gasteiger partial charge in [0.1, 0.15) is 5.75 Å². The first-order chi connectivity index (χ1) is 10.3. The molecule has 0 N–H and O–H groups in total. The first-order valence-electron chi connectivity index (χ1n) is 7.63. The Labute approximate surface area is 125 Å². The van der Waals surface area contributed by atoms with Crippen LogP contribution in [0.25, 0.3) is 0 Å². The molecule has 0 radical (unpaired) electrons. The average molecular weight is 287 g/mol. The van der Waals surface area contributed by atoms with Gasteiger partial charge in [0.2, 0.25) is 5.96 Å². The van der Waals surface area contributed by atoms with E-state index in [-0.39, 0.29) is 5.91 Å². The number of likely N-dealkylation sites (tertiary alicyclic amines) is 1. The smallest absolute Gasteiger partial charge is 0.260 e. The van der Waals surface area contributed by atoms with Crippen LogP contribution in [0.15, 0.2) is 29.3 Å². The van der Waals surface area contributed by atoms with Crippen molar-refractivity contribution in [1.29, 1.82) is 0 Å². The Morgan fingerprint density at radius 2 is 1.90 bits per heavy atom. The molecule has 21 heavy (non-hydrogen) atoms. The molecule has 0 aromatic heterocycles. The lowest BCUT2D eigenvalue weighted by Crippen LogP contribution is -2.43. The summed E-state index contributed by atoms with van der Waals surface area (Å²) in [6.07, 6.45) is 2.37. The molecular weight excluding hydrogens is 266 g/mol. The maximum absolute atomic E-state index is 12.7. The molecule has 1 aromatic rings. The predicted molar refractivity (Wildman–Crippen MR) is 81.8 cm³/mol. The van der Waals surface area contributed by atoms with Gasteiger partial charge in [-0.2, -0.15) is 0 Å². The number of hydrogen-bond acceptors (Lipinski definition) is 4. The van der Waals surface area contributed by atoms with Gasteiger partial charge in [-0.05, 0) is 44.0 Å². The van der Waals surface area contributed by atoms with Crippen molar-refractivity contribution in [2.75, 3.05) is 32.8 Å². The van der Waals surface area contributed by atoms with Crippen LogP contribution in [-0.2, 0) is 0 Å². The van der Waals surface area contributed by atoms with Crippen LogP contribution in [0.5, 0.6) is 5.75 Å². The van der Waals surface area contributed by atoms with Crippen LogP contribution in [-0.4, -0.2) is 54.5 Å². The second-order valence-corrected chi connectivity index (χ2v) is 5.29. The minimum Gasteiger partial charge on any atom is -0.494 e. The lowest BCUT2D eigenvalue weighted by molar-refractivity contribution is 0.0845. The summed E-state index contributed by atoms with van der Waals surface area (Å²) < 4.78 is 5.41. The molecule has 0 bridgehead atoms. The van der Waals surface area contributed by atoms with Gasteiger partial charge in [-0.25, -0.2) is 0 Å². The molecule has 0 spiro atoms. The van der Waals surface area contributed by atoms with Gasteiger partial charge >= 0.3 is 0 Å². The Kier molecular flexibility index (Phi) is 4.08. The summed E-state index contributed by atoms with van der Waals surface area (Å²) in [6.45, 7) is 5.97. The van der Waals surface area contributed by atoms with Gasteiger partial charge in [0.05, 0.1) is 13.2 Å². The molecule has 0 saturated carbocycles. The van der Waals surface area contributed by atoms with Gasteiger partial charge in [0.15, 0.2) is 0 Å². The third-order valence-corrected chi connectivity index (χ3v) is 3.86. The zero-order chi connectivity index (χ0) is 14.7. The van der Waals surface area contributed by atoms with Crippen molar-refractivity contribution in [1.82, 2.24) is 9.80 Å². The minimum atomic E-state index is 0.0289. The topological polar surface area (TPSA) is 45.1 Å². The van der Waals surface area contributed by atoms with Gasteiger partial charge in [-0.3, -0.25) is 14.7 Å². The van der Waals surface area contributed by atoms with Gasteiger partial charge in [0.25, 0.3) is 5.91 Å². The quantitative estimate of drug-likeness (QED) is 0.854. The highest BCUT2D eigenvalue weighted by molar-refractivity contribution is 6.06. The van der Waals surface area contributed by atoms with Gasteiger partial charge in [-0.1, -0.05) is 0 Å². The molecule has 5 nitrogen and oxygen atoms in total. The molecule has 0 aliphatic carbocycles. The predicted octanol–water partition coefficient (Wildman–Crippen LogP) is 1.99. The van der Waals surface area contributed by atoms with Crippen LogP contribution in [0.3, 0.4) is 0 Å². The number of ether oxygens (including phenoxy) is 1. The number of carbonyl (C=O) groups excluding carboxylic acids is 1. The van der Waals surface area contributed by atoms with E-state index in [9.17, 15) is 4.79 Å². The van der Waals surface area contributed by atoms with Crippen LogP contribution in [0.4, 0.5) is 0 Å². The third kappa shape index (κ3) is 2.86. The zero-order valence-electron chi connectivity index (χ0n) is 12.4. The summed E-state index contributed by atoms with van der Waals surface area (Å²) in [5.74, 6) is 1.68. The summed E-state index contributed by atoms with van der Waals surface area (Å²) in [5, 5.41) is 0. The van der Waals surface area contributed by atoms with E-state index in [1.54, 1.807) is 4.90 Å². The molecule has 1 aromatic carbocycles. The number of amides is 1. The average Bonchev–Trinajstić information content (AvgIpc) is 3.18. The number of hydrogen-bond donors (Lipinski definition) is 0. The van der Waals surface area contributed by atoms with Gasteiger partial charge in [-0.15, -0.1) is 0 Å². The fourth-order valence-electron chi connectivity index (χ4n) is 2.83. The highest BCUT2D eigenvalue weighted by Gasteiger charge is 2.30. The summed E-state index contributed by atoms with van der Waals surface area (Å²) >= 11 is 0. The van der Waals surface area contributed by atoms with Crippen molar-refractivity contribution in [3.05, 3.63) is 29.8 Å². The second-order valence-electron chi connectivity index (χ2n) is 5.29. The summed E-state index contributed by atoms with van der Waals surface area (Å²) in [7, 11) is 0. The maximum atomic E-state index is 12.7. The molecule has 0 unspecified atom stereocenters. The minimum absolute atomic E-state index is 0.0289. The summed E-state index contributed by atoms with van der Waals surface area (Å²) in [6, 6.07) is 7.35. The molecular formula is C16H21N3O2. The highest BCUT2D eigenvalue weighted by Crippen LogP contribution is 2.18. The van der Waals surface area contributed by atoms with E-state index in [0.29, 0.717) is 25.3 Å². The van der Waals surface area contributed by atoms with Gasteiger partial charge < -0.3 is 9.64 Å². The fraction of sp³-hybridized carbons (Fsp3) is 0.500. The largest absolute Gasteiger partial charge is 0.494 e. The first-order valence-corrected chi connectivity index (χ1v) is 7.63. The molecule has 3 rings (SSSR count). The summed E-state index contributed by atoms with van der Waals surface area (Å²) in [5.41, 5.74) is 0.687. The molecule has 112 valence electrons. The number of aliphatic imine (C=N–C) groups is 1. The molecule has 5 heteroatoms. The number of rotatable bonds is 3. The Morgan fingerprint density at radius 3 is 2.57 bits per heavy atom. The van der Waals surface area contributed by atoms with Crippen LogP contribution < -0.4 is 4.74 Å². The van der Waals surface area contributed by atoms with Crippen molar-refractivity contribution < 1.29 is 9.53 Å². The standard InChI is InChI=1S/C16H21N3O2/c1-2-21-14-7-5-13(6-8-14)15(20)19-12-9-17-16(19)18-10-3-4-11-18/h5-8H,2-4,9-12H2,1H3. The number of benzene rings is 1. The van der Waals surface area contributed by atoms with E-state index in [1.807, 2.05) is 31.2 Å². The normalized spacial score (nSPS) is 18.0. The van der Waals surface area contributed by atoms with E-state index in [4.69, 9.17) is 4.74 Å². The number of guanidine groups is 1. The maximum Gasteiger partial charge on any atom is 0.260 e. The van der Waals surface area contributed by atoms with E-state index >= 15 is 0 Å². The van der Waals surface area contributed by atoms with Crippen molar-refractivity contribution in [2.45, 2.75) is 19.8 Å². The van der Waals surface area contributed by atoms with Crippen LogP contribution in [0, 0.1) is 0 Å². The monoisotopic (exact) mass is 287 g/mol. The van der Waals surface area contributed by atoms with E-state index < -0.39 is 0 Å². The number of carbonyl (C=O) groups is 1. The third-order valence-electron chi connectivity index (χ3n) is 3.86. The molecule has 1 saturated heterocycles. The highest BCUT2D eigenvalue weighted by atomic mass is 16.5.